The molecule has 104 valence electrons. The molecule has 0 bridgehead atoms. The van der Waals surface area contributed by atoms with Gasteiger partial charge in [0.15, 0.2) is 0 Å². The Kier molecular flexibility index (Phi) is 3.82. The van der Waals surface area contributed by atoms with Crippen LogP contribution in [0.2, 0.25) is 18.1 Å². The number of rotatable bonds is 1. The van der Waals surface area contributed by atoms with Crippen LogP contribution in [0.4, 0.5) is 0 Å². The lowest BCUT2D eigenvalue weighted by Gasteiger charge is -2.31. The summed E-state index contributed by atoms with van der Waals surface area (Å²) in [6, 6.07) is 9.73. The van der Waals surface area contributed by atoms with E-state index in [9.17, 15) is 0 Å². The average molecular weight is 284 g/mol. The molecule has 2 aromatic rings. The molecular formula is C16H20N2OSi. The van der Waals surface area contributed by atoms with Gasteiger partial charge in [-0.2, -0.15) is 0 Å². The Morgan fingerprint density at radius 3 is 2.30 bits per heavy atom. The van der Waals surface area contributed by atoms with Crippen LogP contribution < -0.4 is 0 Å². The zero-order valence-corrected chi connectivity index (χ0v) is 13.7. The highest BCUT2D eigenvalue weighted by Crippen LogP contribution is 2.35. The predicted molar refractivity (Wildman–Crippen MR) is 83.8 cm³/mol. The van der Waals surface area contributed by atoms with Crippen molar-refractivity contribution in [3.05, 3.63) is 36.2 Å². The molecule has 3 nitrogen and oxygen atoms in total. The Bertz CT molecular complexity index is 642. The van der Waals surface area contributed by atoms with Crippen molar-refractivity contribution in [2.45, 2.75) is 38.9 Å². The average Bonchev–Trinajstić information content (AvgIpc) is 2.85. The smallest absolute Gasteiger partial charge is 0.293 e. The predicted octanol–water partition coefficient (Wildman–Crippen LogP) is 4.14. The zero-order valence-electron chi connectivity index (χ0n) is 12.7. The molecule has 0 saturated heterocycles. The summed E-state index contributed by atoms with van der Waals surface area (Å²) < 4.78 is 5.60. The minimum absolute atomic E-state index is 0.224. The summed E-state index contributed by atoms with van der Waals surface area (Å²) in [5.41, 5.74) is 4.29. The van der Waals surface area contributed by atoms with Gasteiger partial charge < -0.3 is 4.42 Å². The van der Waals surface area contributed by atoms with Gasteiger partial charge in [0.05, 0.1) is 0 Å². The number of hydrogen-bond donors (Lipinski definition) is 0. The molecule has 0 aliphatic heterocycles. The number of benzene rings is 1. The largest absolute Gasteiger partial charge is 0.410 e. The number of hydrogen-bond acceptors (Lipinski definition) is 3. The van der Waals surface area contributed by atoms with Gasteiger partial charge in [0, 0.05) is 5.56 Å². The number of aromatic nitrogens is 2. The first-order valence-corrected chi connectivity index (χ1v) is 9.72. The summed E-state index contributed by atoms with van der Waals surface area (Å²) in [6.07, 6.45) is 0. The molecule has 1 aromatic heterocycles. The Morgan fingerprint density at radius 2 is 1.70 bits per heavy atom. The molecule has 0 N–H and O–H groups in total. The van der Waals surface area contributed by atoms with Crippen LogP contribution >= 0.6 is 0 Å². The van der Waals surface area contributed by atoms with Gasteiger partial charge in [-0.25, -0.2) is 0 Å². The van der Waals surface area contributed by atoms with Crippen LogP contribution in [0.25, 0.3) is 11.5 Å². The van der Waals surface area contributed by atoms with E-state index in [0.29, 0.717) is 11.8 Å². The van der Waals surface area contributed by atoms with Crippen LogP contribution in [-0.2, 0) is 0 Å². The van der Waals surface area contributed by atoms with E-state index in [1.165, 1.54) is 0 Å². The molecular weight excluding hydrogens is 264 g/mol. The second-order valence-electron chi connectivity index (χ2n) is 6.40. The van der Waals surface area contributed by atoms with Gasteiger partial charge in [0.2, 0.25) is 5.89 Å². The maximum Gasteiger partial charge on any atom is 0.293 e. The number of nitrogens with zero attached hydrogens (tertiary/aromatic N) is 2. The van der Waals surface area contributed by atoms with Crippen LogP contribution in [-0.4, -0.2) is 18.3 Å². The summed E-state index contributed by atoms with van der Waals surface area (Å²) >= 11 is 0. The minimum Gasteiger partial charge on any atom is -0.410 e. The fourth-order valence-electron chi connectivity index (χ4n) is 1.37. The molecule has 0 saturated carbocycles. The van der Waals surface area contributed by atoms with Gasteiger partial charge in [-0.1, -0.05) is 57.2 Å². The Morgan fingerprint density at radius 1 is 1.05 bits per heavy atom. The normalized spacial score (nSPS) is 11.8. The lowest BCUT2D eigenvalue weighted by molar-refractivity contribution is 0.555. The van der Waals surface area contributed by atoms with Crippen molar-refractivity contribution in [1.82, 2.24) is 10.2 Å². The van der Waals surface area contributed by atoms with Crippen LogP contribution in [0, 0.1) is 11.5 Å². The highest BCUT2D eigenvalue weighted by molar-refractivity contribution is 6.87. The van der Waals surface area contributed by atoms with Gasteiger partial charge >= 0.3 is 0 Å². The SMILES string of the molecule is CC(C)(C)[Si](C)(C)C#Cc1nnc(-c2ccccc2)o1. The van der Waals surface area contributed by atoms with Crippen LogP contribution in [0.5, 0.6) is 0 Å². The van der Waals surface area contributed by atoms with Crippen molar-refractivity contribution in [3.63, 3.8) is 0 Å². The molecule has 20 heavy (non-hydrogen) atoms. The van der Waals surface area contributed by atoms with E-state index in [1.54, 1.807) is 0 Å². The Hall–Kier alpha value is -1.86. The maximum absolute atomic E-state index is 5.60. The first-order chi connectivity index (χ1) is 9.29. The lowest BCUT2D eigenvalue weighted by atomic mass is 10.2. The molecule has 0 aliphatic rings. The summed E-state index contributed by atoms with van der Waals surface area (Å²) in [4.78, 5) is 0. The van der Waals surface area contributed by atoms with Crippen molar-refractivity contribution < 1.29 is 4.42 Å². The van der Waals surface area contributed by atoms with E-state index in [2.05, 4.69) is 55.5 Å². The summed E-state index contributed by atoms with van der Waals surface area (Å²) in [5, 5.41) is 8.28. The standard InChI is InChI=1S/C16H20N2OSi/c1-16(2,3)20(4,5)12-11-14-17-18-15(19-14)13-9-7-6-8-10-13/h6-10H,1-5H3. The first-order valence-electron chi connectivity index (χ1n) is 6.72. The quantitative estimate of drug-likeness (QED) is 0.583. The topological polar surface area (TPSA) is 38.9 Å². The third-order valence-electron chi connectivity index (χ3n) is 3.80. The summed E-state index contributed by atoms with van der Waals surface area (Å²) in [5.74, 6) is 3.97. The molecule has 1 aromatic carbocycles. The van der Waals surface area contributed by atoms with Gasteiger partial charge in [0.25, 0.3) is 5.89 Å². The second kappa shape index (κ2) is 5.26. The fraction of sp³-hybridized carbons (Fsp3) is 0.375. The monoisotopic (exact) mass is 284 g/mol. The first kappa shape index (κ1) is 14.5. The molecule has 0 fully saturated rings. The Labute approximate surface area is 121 Å². The molecule has 0 amide bonds. The molecule has 2 rings (SSSR count). The fourth-order valence-corrected chi connectivity index (χ4v) is 2.16. The lowest BCUT2D eigenvalue weighted by Crippen LogP contribution is -2.35. The van der Waals surface area contributed by atoms with E-state index in [1.807, 2.05) is 30.3 Å². The second-order valence-corrected chi connectivity index (χ2v) is 11.4. The van der Waals surface area contributed by atoms with Gasteiger partial charge in [-0.15, -0.1) is 10.6 Å². The molecule has 0 atom stereocenters. The highest BCUT2D eigenvalue weighted by atomic mass is 28.3. The van der Waals surface area contributed by atoms with Crippen LogP contribution in [0.1, 0.15) is 26.7 Å². The van der Waals surface area contributed by atoms with E-state index in [-0.39, 0.29) is 5.04 Å². The van der Waals surface area contributed by atoms with E-state index in [0.717, 1.165) is 5.56 Å². The van der Waals surface area contributed by atoms with Crippen LogP contribution in [0.3, 0.4) is 0 Å². The molecule has 0 aliphatic carbocycles. The van der Waals surface area contributed by atoms with Crippen LogP contribution in [0.15, 0.2) is 34.7 Å². The molecule has 4 heteroatoms. The van der Waals surface area contributed by atoms with E-state index >= 15 is 0 Å². The highest BCUT2D eigenvalue weighted by Gasteiger charge is 2.33. The maximum atomic E-state index is 5.60. The summed E-state index contributed by atoms with van der Waals surface area (Å²) in [6.45, 7) is 11.2. The van der Waals surface area contributed by atoms with E-state index in [4.69, 9.17) is 4.42 Å². The summed E-state index contributed by atoms with van der Waals surface area (Å²) in [7, 11) is -1.65. The molecule has 0 radical (unpaired) electrons. The third-order valence-corrected chi connectivity index (χ3v) is 8.30. The van der Waals surface area contributed by atoms with Crippen molar-refractivity contribution in [1.29, 1.82) is 0 Å². The van der Waals surface area contributed by atoms with E-state index < -0.39 is 8.07 Å². The molecule has 0 spiro atoms. The van der Waals surface area contributed by atoms with Crippen molar-refractivity contribution >= 4 is 8.07 Å². The molecule has 1 heterocycles. The minimum atomic E-state index is -1.65. The third kappa shape index (κ3) is 3.17. The van der Waals surface area contributed by atoms with Crippen molar-refractivity contribution in [3.8, 4) is 22.9 Å². The van der Waals surface area contributed by atoms with Crippen molar-refractivity contribution in [2.75, 3.05) is 0 Å². The van der Waals surface area contributed by atoms with Crippen molar-refractivity contribution in [2.24, 2.45) is 0 Å². The molecule has 0 unspecified atom stereocenters. The zero-order chi connectivity index (χ0) is 14.8. The van der Waals surface area contributed by atoms with Gasteiger partial charge in [-0.3, -0.25) is 0 Å². The van der Waals surface area contributed by atoms with Gasteiger partial charge in [0.1, 0.15) is 8.07 Å². The van der Waals surface area contributed by atoms with Gasteiger partial charge in [-0.05, 0) is 23.1 Å². The Balaban J connectivity index is 2.24.